The van der Waals surface area contributed by atoms with Crippen molar-refractivity contribution in [1.29, 1.82) is 0 Å². The zero-order chi connectivity index (χ0) is 20.5. The molecule has 0 saturated heterocycles. The van der Waals surface area contributed by atoms with Crippen LogP contribution in [0.25, 0.3) is 10.2 Å². The van der Waals surface area contributed by atoms with Gasteiger partial charge in [-0.25, -0.2) is 0 Å². The third-order valence-corrected chi connectivity index (χ3v) is 4.93. The van der Waals surface area contributed by atoms with E-state index < -0.39 is 30.2 Å². The standard InChI is InChI=1S/C18H13F3N2O4S/c1-27-13-7-3-6-12-15(13)28-17(23(12)9-14(24)25)22-16(26)10-4-2-5-11(8-10)18(19,20)21/h2-8H,9H2,1H3,(H,24,25)/b22-17-. The van der Waals surface area contributed by atoms with E-state index >= 15 is 0 Å². The summed E-state index contributed by atoms with van der Waals surface area (Å²) in [6.45, 7) is -0.470. The van der Waals surface area contributed by atoms with Crippen molar-refractivity contribution in [2.45, 2.75) is 12.7 Å². The van der Waals surface area contributed by atoms with Crippen LogP contribution < -0.4 is 9.54 Å². The number of alkyl halides is 3. The minimum atomic E-state index is -4.59. The first kappa shape index (κ1) is 19.6. The average molecular weight is 410 g/mol. The highest BCUT2D eigenvalue weighted by atomic mass is 32.1. The number of benzene rings is 2. The molecule has 0 saturated carbocycles. The van der Waals surface area contributed by atoms with E-state index in [1.807, 2.05) is 0 Å². The number of halogens is 3. The molecule has 0 aliphatic heterocycles. The lowest BCUT2D eigenvalue weighted by Crippen LogP contribution is -2.21. The van der Waals surface area contributed by atoms with Crippen LogP contribution in [0.3, 0.4) is 0 Å². The van der Waals surface area contributed by atoms with Gasteiger partial charge >= 0.3 is 12.1 Å². The maximum Gasteiger partial charge on any atom is 0.416 e. The zero-order valence-electron chi connectivity index (χ0n) is 14.4. The Morgan fingerprint density at radius 2 is 1.93 bits per heavy atom. The zero-order valence-corrected chi connectivity index (χ0v) is 15.2. The lowest BCUT2D eigenvalue weighted by atomic mass is 10.1. The number of nitrogens with zero attached hydrogens (tertiary/aromatic N) is 2. The second-order valence-corrected chi connectivity index (χ2v) is 6.65. The van der Waals surface area contributed by atoms with Crippen LogP contribution in [0, 0.1) is 0 Å². The number of hydrogen-bond donors (Lipinski definition) is 1. The number of thiazole rings is 1. The van der Waals surface area contributed by atoms with Gasteiger partial charge in [0.15, 0.2) is 4.80 Å². The van der Waals surface area contributed by atoms with Gasteiger partial charge in [-0.05, 0) is 30.3 Å². The number of aliphatic carboxylic acids is 1. The third-order valence-electron chi connectivity index (χ3n) is 3.82. The van der Waals surface area contributed by atoms with E-state index in [1.54, 1.807) is 18.2 Å². The number of amides is 1. The first-order chi connectivity index (χ1) is 13.2. The van der Waals surface area contributed by atoms with Crippen molar-refractivity contribution in [3.63, 3.8) is 0 Å². The Hall–Kier alpha value is -3.14. The number of carbonyl (C=O) groups excluding carboxylic acids is 1. The van der Waals surface area contributed by atoms with Crippen molar-refractivity contribution < 1.29 is 32.6 Å². The predicted molar refractivity (Wildman–Crippen MR) is 95.3 cm³/mol. The molecule has 1 heterocycles. The highest BCUT2D eigenvalue weighted by molar-refractivity contribution is 7.16. The molecular formula is C18H13F3N2O4S. The monoisotopic (exact) mass is 410 g/mol. The highest BCUT2D eigenvalue weighted by Gasteiger charge is 2.30. The summed E-state index contributed by atoms with van der Waals surface area (Å²) in [4.78, 5) is 27.6. The number of ether oxygens (including phenoxy) is 1. The van der Waals surface area contributed by atoms with E-state index in [2.05, 4.69) is 4.99 Å². The molecule has 1 N–H and O–H groups in total. The Kier molecular flexibility index (Phi) is 5.23. The number of carbonyl (C=O) groups is 2. The molecule has 0 spiro atoms. The van der Waals surface area contributed by atoms with Crippen LogP contribution in [-0.4, -0.2) is 28.7 Å². The van der Waals surface area contributed by atoms with E-state index in [1.165, 1.54) is 17.7 Å². The second kappa shape index (κ2) is 7.47. The maximum absolute atomic E-state index is 12.9. The third kappa shape index (κ3) is 3.91. The van der Waals surface area contributed by atoms with E-state index in [9.17, 15) is 27.9 Å². The Labute approximate surface area is 160 Å². The fraction of sp³-hybridized carbons (Fsp3) is 0.167. The molecule has 3 rings (SSSR count). The average Bonchev–Trinajstić information content (AvgIpc) is 2.98. The minimum Gasteiger partial charge on any atom is -0.495 e. The normalized spacial score (nSPS) is 12.4. The summed E-state index contributed by atoms with van der Waals surface area (Å²) >= 11 is 1.01. The number of aromatic nitrogens is 1. The van der Waals surface area contributed by atoms with Gasteiger partial charge in [0.2, 0.25) is 0 Å². The molecule has 1 aromatic heterocycles. The van der Waals surface area contributed by atoms with Crippen molar-refractivity contribution in [2.24, 2.45) is 4.99 Å². The SMILES string of the molecule is COc1cccc2c1s/c(=N\C(=O)c1cccc(C(F)(F)F)c1)n2CC(=O)O. The number of carboxylic acid groups (broad SMARTS) is 1. The van der Waals surface area contributed by atoms with Crippen LogP contribution in [0.2, 0.25) is 0 Å². The Morgan fingerprint density at radius 3 is 2.57 bits per heavy atom. The van der Waals surface area contributed by atoms with E-state index in [0.29, 0.717) is 22.0 Å². The molecule has 146 valence electrons. The van der Waals surface area contributed by atoms with Gasteiger partial charge in [-0.1, -0.05) is 23.5 Å². The topological polar surface area (TPSA) is 80.9 Å². The van der Waals surface area contributed by atoms with Gasteiger partial charge in [-0.3, -0.25) is 9.59 Å². The quantitative estimate of drug-likeness (QED) is 0.713. The van der Waals surface area contributed by atoms with Crippen LogP contribution in [0.5, 0.6) is 5.75 Å². The molecule has 0 atom stereocenters. The smallest absolute Gasteiger partial charge is 0.416 e. The van der Waals surface area contributed by atoms with Crippen molar-refractivity contribution in [3.8, 4) is 5.75 Å². The molecule has 3 aromatic rings. The van der Waals surface area contributed by atoms with E-state index in [4.69, 9.17) is 4.74 Å². The molecule has 2 aromatic carbocycles. The molecule has 0 unspecified atom stereocenters. The molecular weight excluding hydrogens is 397 g/mol. The molecule has 1 amide bonds. The van der Waals surface area contributed by atoms with E-state index in [-0.39, 0.29) is 10.4 Å². The van der Waals surface area contributed by atoms with Crippen LogP contribution in [0.15, 0.2) is 47.5 Å². The molecule has 10 heteroatoms. The van der Waals surface area contributed by atoms with Gasteiger partial charge in [0.25, 0.3) is 5.91 Å². The lowest BCUT2D eigenvalue weighted by Gasteiger charge is -2.06. The molecule has 0 aliphatic carbocycles. The first-order valence-electron chi connectivity index (χ1n) is 7.85. The molecule has 0 radical (unpaired) electrons. The summed E-state index contributed by atoms with van der Waals surface area (Å²) in [5, 5.41) is 9.17. The molecule has 0 aliphatic rings. The van der Waals surface area contributed by atoms with E-state index in [0.717, 1.165) is 23.5 Å². The van der Waals surface area contributed by atoms with Crippen LogP contribution in [-0.2, 0) is 17.5 Å². The van der Waals surface area contributed by atoms with Gasteiger partial charge in [0.1, 0.15) is 12.3 Å². The summed E-state index contributed by atoms with van der Waals surface area (Å²) in [5.74, 6) is -1.60. The second-order valence-electron chi connectivity index (χ2n) is 5.67. The molecule has 0 bridgehead atoms. The van der Waals surface area contributed by atoms with Gasteiger partial charge in [0, 0.05) is 5.56 Å². The van der Waals surface area contributed by atoms with Crippen molar-refractivity contribution in [1.82, 2.24) is 4.57 Å². The number of rotatable bonds is 4. The highest BCUT2D eigenvalue weighted by Crippen LogP contribution is 2.30. The lowest BCUT2D eigenvalue weighted by molar-refractivity contribution is -0.138. The Balaban J connectivity index is 2.15. The number of hydrogen-bond acceptors (Lipinski definition) is 4. The summed E-state index contributed by atoms with van der Waals surface area (Å²) < 4.78 is 45.7. The largest absolute Gasteiger partial charge is 0.495 e. The molecule has 6 nitrogen and oxygen atoms in total. The maximum atomic E-state index is 12.9. The molecule has 0 fully saturated rings. The van der Waals surface area contributed by atoms with Crippen molar-refractivity contribution in [3.05, 3.63) is 58.4 Å². The van der Waals surface area contributed by atoms with Gasteiger partial charge in [0.05, 0.1) is 22.9 Å². The van der Waals surface area contributed by atoms with Gasteiger partial charge in [-0.15, -0.1) is 0 Å². The Bertz CT molecular complexity index is 1130. The minimum absolute atomic E-state index is 0.0457. The van der Waals surface area contributed by atoms with Crippen molar-refractivity contribution in [2.75, 3.05) is 7.11 Å². The summed E-state index contributed by atoms with van der Waals surface area (Å²) in [6.07, 6.45) is -4.59. The Morgan fingerprint density at radius 1 is 1.21 bits per heavy atom. The number of methoxy groups -OCH3 is 1. The van der Waals surface area contributed by atoms with Gasteiger partial charge < -0.3 is 14.4 Å². The predicted octanol–water partition coefficient (Wildman–Crippen LogP) is 3.56. The first-order valence-corrected chi connectivity index (χ1v) is 8.67. The number of carboxylic acids is 1. The van der Waals surface area contributed by atoms with Crippen LogP contribution in [0.4, 0.5) is 13.2 Å². The fourth-order valence-electron chi connectivity index (χ4n) is 2.58. The number of fused-ring (bicyclic) bond motifs is 1. The van der Waals surface area contributed by atoms with Crippen molar-refractivity contribution >= 4 is 33.4 Å². The van der Waals surface area contributed by atoms with Crippen LogP contribution in [0.1, 0.15) is 15.9 Å². The van der Waals surface area contributed by atoms with Gasteiger partial charge in [-0.2, -0.15) is 18.2 Å². The fourth-order valence-corrected chi connectivity index (χ4v) is 3.70. The molecule has 28 heavy (non-hydrogen) atoms. The summed E-state index contributed by atoms with van der Waals surface area (Å²) in [5.41, 5.74) is -0.728. The summed E-state index contributed by atoms with van der Waals surface area (Å²) in [7, 11) is 1.45. The summed E-state index contributed by atoms with van der Waals surface area (Å²) in [6, 6.07) is 8.87. The van der Waals surface area contributed by atoms with Crippen LogP contribution >= 0.6 is 11.3 Å².